The fraction of sp³-hybridized carbons (Fsp3) is 0.360. The van der Waals surface area contributed by atoms with Gasteiger partial charge in [-0.05, 0) is 67.8 Å². The van der Waals surface area contributed by atoms with E-state index in [1.165, 1.54) is 35.7 Å². The standard InChI is InChI=1S/C25H28FN5O3/c1-15-13-16(24(33)28-18-5-3-2-4-6-18)7-12-20(15)29-25(34)21-14-22(23(27)32)31(30-21)19-10-8-17(26)9-11-19/h7-13,18,22H,2-6,14H2,1H3,(H2,27,32)(H,28,33)(H,29,34). The fourth-order valence-corrected chi connectivity index (χ4v) is 4.36. The number of benzene rings is 2. The Morgan fingerprint density at radius 1 is 1.03 bits per heavy atom. The number of carbonyl (C=O) groups is 3. The van der Waals surface area contributed by atoms with Crippen LogP contribution < -0.4 is 21.4 Å². The van der Waals surface area contributed by atoms with Crippen LogP contribution in [0.5, 0.6) is 0 Å². The number of hydrogen-bond donors (Lipinski definition) is 3. The Bertz CT molecular complexity index is 1130. The third kappa shape index (κ3) is 5.24. The quantitative estimate of drug-likeness (QED) is 0.607. The second kappa shape index (κ2) is 10.0. The summed E-state index contributed by atoms with van der Waals surface area (Å²) in [6.07, 6.45) is 5.51. The molecule has 1 unspecified atom stereocenters. The molecule has 0 radical (unpaired) electrons. The number of hydrazone groups is 1. The number of nitrogens with zero attached hydrogens (tertiary/aromatic N) is 2. The molecule has 4 N–H and O–H groups in total. The highest BCUT2D eigenvalue weighted by Crippen LogP contribution is 2.26. The van der Waals surface area contributed by atoms with E-state index in [-0.39, 0.29) is 24.1 Å². The molecule has 1 atom stereocenters. The van der Waals surface area contributed by atoms with Crippen molar-refractivity contribution in [2.45, 2.75) is 57.5 Å². The van der Waals surface area contributed by atoms with Gasteiger partial charge in [0.05, 0.1) is 5.69 Å². The largest absolute Gasteiger partial charge is 0.368 e. The summed E-state index contributed by atoms with van der Waals surface area (Å²) in [7, 11) is 0. The molecule has 1 aliphatic carbocycles. The maximum atomic E-state index is 13.3. The summed E-state index contributed by atoms with van der Waals surface area (Å²) in [5.41, 5.74) is 7.90. The number of anilines is 2. The molecule has 1 fully saturated rings. The zero-order chi connectivity index (χ0) is 24.2. The molecule has 1 saturated carbocycles. The van der Waals surface area contributed by atoms with E-state index in [0.29, 0.717) is 16.9 Å². The predicted octanol–water partition coefficient (Wildman–Crippen LogP) is 3.26. The van der Waals surface area contributed by atoms with E-state index >= 15 is 0 Å². The third-order valence-corrected chi connectivity index (χ3v) is 6.27. The summed E-state index contributed by atoms with van der Waals surface area (Å²) >= 11 is 0. The van der Waals surface area contributed by atoms with Crippen molar-refractivity contribution in [3.8, 4) is 0 Å². The van der Waals surface area contributed by atoms with Crippen molar-refractivity contribution in [2.24, 2.45) is 10.8 Å². The molecule has 0 spiro atoms. The minimum absolute atomic E-state index is 0.0273. The van der Waals surface area contributed by atoms with Crippen molar-refractivity contribution in [1.82, 2.24) is 5.32 Å². The van der Waals surface area contributed by atoms with E-state index in [1.807, 2.05) is 0 Å². The van der Waals surface area contributed by atoms with Gasteiger partial charge in [0.25, 0.3) is 11.8 Å². The first-order chi connectivity index (χ1) is 16.3. The first-order valence-electron chi connectivity index (χ1n) is 11.5. The number of nitrogens with two attached hydrogens (primary N) is 1. The molecule has 3 amide bonds. The topological polar surface area (TPSA) is 117 Å². The molecule has 0 bridgehead atoms. The molecule has 2 aliphatic rings. The van der Waals surface area contributed by atoms with Gasteiger partial charge in [0.2, 0.25) is 5.91 Å². The zero-order valence-electron chi connectivity index (χ0n) is 19.0. The van der Waals surface area contributed by atoms with Crippen LogP contribution in [0.3, 0.4) is 0 Å². The van der Waals surface area contributed by atoms with Gasteiger partial charge in [-0.15, -0.1) is 0 Å². The first-order valence-corrected chi connectivity index (χ1v) is 11.5. The maximum absolute atomic E-state index is 13.3. The summed E-state index contributed by atoms with van der Waals surface area (Å²) in [5, 5.41) is 11.5. The maximum Gasteiger partial charge on any atom is 0.271 e. The van der Waals surface area contributed by atoms with Crippen molar-refractivity contribution >= 4 is 34.8 Å². The average Bonchev–Trinajstić information content (AvgIpc) is 3.27. The van der Waals surface area contributed by atoms with E-state index in [1.54, 1.807) is 25.1 Å². The number of halogens is 1. The lowest BCUT2D eigenvalue weighted by Gasteiger charge is -2.23. The fourth-order valence-electron chi connectivity index (χ4n) is 4.36. The molecular formula is C25H28FN5O3. The number of rotatable bonds is 6. The van der Waals surface area contributed by atoms with Crippen molar-refractivity contribution in [1.29, 1.82) is 0 Å². The zero-order valence-corrected chi connectivity index (χ0v) is 19.0. The van der Waals surface area contributed by atoms with E-state index in [4.69, 9.17) is 5.73 Å². The summed E-state index contributed by atoms with van der Waals surface area (Å²) in [6.45, 7) is 1.81. The molecule has 1 heterocycles. The van der Waals surface area contributed by atoms with Crippen LogP contribution in [0, 0.1) is 12.7 Å². The number of hydrogen-bond acceptors (Lipinski definition) is 5. The second-order valence-electron chi connectivity index (χ2n) is 8.78. The average molecular weight is 466 g/mol. The molecule has 2 aromatic carbocycles. The lowest BCUT2D eigenvalue weighted by Crippen LogP contribution is -2.39. The number of primary amides is 1. The Balaban J connectivity index is 1.45. The molecular weight excluding hydrogens is 437 g/mol. The molecule has 4 rings (SSSR count). The molecule has 0 saturated heterocycles. The van der Waals surface area contributed by atoms with Crippen LogP contribution in [-0.4, -0.2) is 35.5 Å². The molecule has 178 valence electrons. The van der Waals surface area contributed by atoms with E-state index < -0.39 is 23.7 Å². The van der Waals surface area contributed by atoms with Crippen LogP contribution in [0.1, 0.15) is 54.4 Å². The van der Waals surface area contributed by atoms with E-state index in [2.05, 4.69) is 15.7 Å². The van der Waals surface area contributed by atoms with Gasteiger partial charge in [0, 0.05) is 23.7 Å². The van der Waals surface area contributed by atoms with Gasteiger partial charge in [-0.1, -0.05) is 19.3 Å². The summed E-state index contributed by atoms with van der Waals surface area (Å²) in [4.78, 5) is 37.4. The molecule has 8 nitrogen and oxygen atoms in total. The normalized spacial score (nSPS) is 18.4. The second-order valence-corrected chi connectivity index (χ2v) is 8.78. The Morgan fingerprint density at radius 2 is 1.74 bits per heavy atom. The smallest absolute Gasteiger partial charge is 0.271 e. The lowest BCUT2D eigenvalue weighted by molar-refractivity contribution is -0.119. The highest BCUT2D eigenvalue weighted by Gasteiger charge is 2.35. The van der Waals surface area contributed by atoms with Crippen LogP contribution in [0.25, 0.3) is 0 Å². The molecule has 2 aromatic rings. The van der Waals surface area contributed by atoms with Crippen LogP contribution in [0.4, 0.5) is 15.8 Å². The molecule has 34 heavy (non-hydrogen) atoms. The Kier molecular flexibility index (Phi) is 6.90. The predicted molar refractivity (Wildman–Crippen MR) is 128 cm³/mol. The third-order valence-electron chi connectivity index (χ3n) is 6.27. The van der Waals surface area contributed by atoms with Crippen molar-refractivity contribution in [3.63, 3.8) is 0 Å². The van der Waals surface area contributed by atoms with Gasteiger partial charge >= 0.3 is 0 Å². The lowest BCUT2D eigenvalue weighted by atomic mass is 9.95. The number of aryl methyl sites for hydroxylation is 1. The van der Waals surface area contributed by atoms with Gasteiger partial charge in [0.1, 0.15) is 17.6 Å². The SMILES string of the molecule is Cc1cc(C(=O)NC2CCCCC2)ccc1NC(=O)C1=NN(c2ccc(F)cc2)C(C(N)=O)C1. The summed E-state index contributed by atoms with van der Waals surface area (Å²) < 4.78 is 13.3. The minimum Gasteiger partial charge on any atom is -0.368 e. The molecule has 9 heteroatoms. The van der Waals surface area contributed by atoms with E-state index in [0.717, 1.165) is 31.2 Å². The number of nitrogens with one attached hydrogen (secondary N) is 2. The summed E-state index contributed by atoms with van der Waals surface area (Å²) in [5.74, 6) is -1.65. The molecule has 0 aromatic heterocycles. The van der Waals surface area contributed by atoms with Crippen LogP contribution in [-0.2, 0) is 9.59 Å². The highest BCUT2D eigenvalue weighted by molar-refractivity contribution is 6.44. The van der Waals surface area contributed by atoms with Crippen molar-refractivity contribution in [2.75, 3.05) is 10.3 Å². The van der Waals surface area contributed by atoms with Gasteiger partial charge in [-0.2, -0.15) is 5.10 Å². The highest BCUT2D eigenvalue weighted by atomic mass is 19.1. The Morgan fingerprint density at radius 3 is 2.38 bits per heavy atom. The van der Waals surface area contributed by atoms with Crippen LogP contribution in [0.15, 0.2) is 47.6 Å². The Labute approximate surface area is 197 Å². The van der Waals surface area contributed by atoms with Crippen molar-refractivity contribution < 1.29 is 18.8 Å². The summed E-state index contributed by atoms with van der Waals surface area (Å²) in [6, 6.07) is 9.89. The van der Waals surface area contributed by atoms with Gasteiger partial charge in [0.15, 0.2) is 0 Å². The monoisotopic (exact) mass is 465 g/mol. The number of carbonyl (C=O) groups excluding carboxylic acids is 3. The van der Waals surface area contributed by atoms with Gasteiger partial charge < -0.3 is 16.4 Å². The van der Waals surface area contributed by atoms with E-state index in [9.17, 15) is 18.8 Å². The van der Waals surface area contributed by atoms with Gasteiger partial charge in [-0.25, -0.2) is 4.39 Å². The Hall–Kier alpha value is -3.75. The number of amides is 3. The first kappa shape index (κ1) is 23.4. The van der Waals surface area contributed by atoms with Gasteiger partial charge in [-0.3, -0.25) is 19.4 Å². The van der Waals surface area contributed by atoms with Crippen LogP contribution in [0.2, 0.25) is 0 Å². The van der Waals surface area contributed by atoms with Crippen molar-refractivity contribution in [3.05, 3.63) is 59.4 Å². The van der Waals surface area contributed by atoms with Crippen LogP contribution >= 0.6 is 0 Å². The minimum atomic E-state index is -0.849. The molecule has 1 aliphatic heterocycles.